The van der Waals surface area contributed by atoms with E-state index in [0.29, 0.717) is 26.2 Å². The number of rotatable bonds is 6. The van der Waals surface area contributed by atoms with Gasteiger partial charge in [-0.1, -0.05) is 6.08 Å². The first kappa shape index (κ1) is 20.4. The molecule has 0 aromatic rings. The van der Waals surface area contributed by atoms with E-state index in [1.54, 1.807) is 17.9 Å². The smallest absolute Gasteiger partial charge is 0.411 e. The Bertz CT molecular complexity index is 447. The molecule has 0 aromatic heterocycles. The summed E-state index contributed by atoms with van der Waals surface area (Å²) in [4.78, 5) is 25.9. The summed E-state index contributed by atoms with van der Waals surface area (Å²) in [5.41, 5.74) is -0.578. The van der Waals surface area contributed by atoms with Crippen molar-refractivity contribution in [2.45, 2.75) is 57.8 Å². The molecule has 7 nitrogen and oxygen atoms in total. The third-order valence-electron chi connectivity index (χ3n) is 3.66. The van der Waals surface area contributed by atoms with Gasteiger partial charge in [-0.2, -0.15) is 0 Å². The zero-order valence-corrected chi connectivity index (χ0v) is 15.3. The molecule has 3 atom stereocenters. The molecule has 0 aromatic carbocycles. The Kier molecular flexibility index (Phi) is 7.69. The molecular weight excluding hydrogens is 312 g/mol. The highest BCUT2D eigenvalue weighted by Crippen LogP contribution is 2.20. The van der Waals surface area contributed by atoms with Gasteiger partial charge < -0.3 is 19.5 Å². The second-order valence-electron chi connectivity index (χ2n) is 6.91. The molecule has 1 amide bonds. The minimum atomic E-state index is -0.578. The summed E-state index contributed by atoms with van der Waals surface area (Å²) in [5.74, 6) is -0.349. The predicted molar refractivity (Wildman–Crippen MR) is 90.8 cm³/mol. The third-order valence-corrected chi connectivity index (χ3v) is 3.66. The number of hydrogen-bond donors (Lipinski definition) is 1. The van der Waals surface area contributed by atoms with E-state index in [9.17, 15) is 9.59 Å². The quantitative estimate of drug-likeness (QED) is 0.585. The fourth-order valence-corrected chi connectivity index (χ4v) is 2.52. The molecule has 1 fully saturated rings. The van der Waals surface area contributed by atoms with Crippen LogP contribution in [0.15, 0.2) is 12.7 Å². The maximum absolute atomic E-state index is 12.6. The van der Waals surface area contributed by atoms with Crippen LogP contribution in [0.2, 0.25) is 0 Å². The van der Waals surface area contributed by atoms with Crippen LogP contribution in [0.3, 0.4) is 0 Å². The van der Waals surface area contributed by atoms with E-state index >= 15 is 0 Å². The van der Waals surface area contributed by atoms with Crippen LogP contribution in [0.5, 0.6) is 0 Å². The number of nitrogens with zero attached hydrogens (tertiary/aromatic N) is 1. The Morgan fingerprint density at radius 2 is 2.00 bits per heavy atom. The molecular formula is C17H30N2O5. The van der Waals surface area contributed by atoms with Gasteiger partial charge in [0, 0.05) is 6.54 Å². The van der Waals surface area contributed by atoms with E-state index < -0.39 is 11.6 Å². The van der Waals surface area contributed by atoms with Crippen molar-refractivity contribution in [3.05, 3.63) is 12.7 Å². The van der Waals surface area contributed by atoms with Crippen molar-refractivity contribution in [3.63, 3.8) is 0 Å². The topological polar surface area (TPSA) is 77.1 Å². The highest BCUT2D eigenvalue weighted by molar-refractivity contribution is 5.75. The maximum atomic E-state index is 12.6. The Morgan fingerprint density at radius 1 is 1.38 bits per heavy atom. The Balaban J connectivity index is 2.82. The summed E-state index contributed by atoms with van der Waals surface area (Å²) in [6, 6.07) is -0.827. The van der Waals surface area contributed by atoms with Crippen molar-refractivity contribution < 1.29 is 23.8 Å². The fraction of sp³-hybridized carbons (Fsp3) is 0.765. The van der Waals surface area contributed by atoms with Crippen molar-refractivity contribution in [3.8, 4) is 0 Å². The van der Waals surface area contributed by atoms with Gasteiger partial charge in [-0.25, -0.2) is 4.79 Å². The molecule has 0 saturated carbocycles. The molecule has 1 aliphatic rings. The predicted octanol–water partition coefficient (Wildman–Crippen LogP) is 1.72. The molecule has 1 saturated heterocycles. The number of esters is 1. The normalized spacial score (nSPS) is 22.6. The van der Waals surface area contributed by atoms with Crippen molar-refractivity contribution >= 4 is 12.1 Å². The number of amides is 1. The molecule has 138 valence electrons. The largest absolute Gasteiger partial charge is 0.468 e. The summed E-state index contributed by atoms with van der Waals surface area (Å²) >= 11 is 0. The summed E-state index contributed by atoms with van der Waals surface area (Å²) in [5, 5.41) is 3.08. The number of methoxy groups -OCH3 is 1. The van der Waals surface area contributed by atoms with Gasteiger partial charge in [0.25, 0.3) is 0 Å². The highest BCUT2D eigenvalue weighted by atomic mass is 16.6. The van der Waals surface area contributed by atoms with Crippen molar-refractivity contribution in [2.24, 2.45) is 0 Å². The van der Waals surface area contributed by atoms with Gasteiger partial charge in [0.1, 0.15) is 11.6 Å². The molecule has 0 unspecified atom stereocenters. The Hall–Kier alpha value is -1.60. The second-order valence-corrected chi connectivity index (χ2v) is 6.91. The molecule has 7 heteroatoms. The summed E-state index contributed by atoms with van der Waals surface area (Å²) < 4.78 is 15.9. The lowest BCUT2D eigenvalue weighted by Crippen LogP contribution is -2.59. The van der Waals surface area contributed by atoms with E-state index in [0.717, 1.165) is 0 Å². The Labute approximate surface area is 144 Å². The second kappa shape index (κ2) is 9.03. The number of nitrogens with one attached hydrogen (secondary N) is 1. The first-order chi connectivity index (χ1) is 11.2. The summed E-state index contributed by atoms with van der Waals surface area (Å²) in [7, 11) is 1.34. The maximum Gasteiger partial charge on any atom is 0.411 e. The molecule has 24 heavy (non-hydrogen) atoms. The van der Waals surface area contributed by atoms with Crippen LogP contribution in [-0.4, -0.2) is 67.6 Å². The number of carbonyl (C=O) groups excluding carboxylic acids is 2. The molecule has 1 aliphatic heterocycles. The summed E-state index contributed by atoms with van der Waals surface area (Å²) in [6.07, 6.45) is 2.00. The lowest BCUT2D eigenvalue weighted by Gasteiger charge is -2.42. The van der Waals surface area contributed by atoms with Gasteiger partial charge >= 0.3 is 12.1 Å². The monoisotopic (exact) mass is 342 g/mol. The van der Waals surface area contributed by atoms with Gasteiger partial charge in [0.2, 0.25) is 0 Å². The zero-order valence-electron chi connectivity index (χ0n) is 15.3. The number of carbonyl (C=O) groups is 2. The highest BCUT2D eigenvalue weighted by Gasteiger charge is 2.37. The van der Waals surface area contributed by atoms with E-state index in [1.165, 1.54) is 7.11 Å². The minimum absolute atomic E-state index is 0.133. The van der Waals surface area contributed by atoms with E-state index in [-0.39, 0.29) is 24.1 Å². The minimum Gasteiger partial charge on any atom is -0.468 e. The lowest BCUT2D eigenvalue weighted by atomic mass is 10.1. The van der Waals surface area contributed by atoms with Crippen LogP contribution in [0.1, 0.15) is 34.1 Å². The van der Waals surface area contributed by atoms with Gasteiger partial charge in [-0.15, -0.1) is 6.58 Å². The Morgan fingerprint density at radius 3 is 2.54 bits per heavy atom. The molecule has 1 N–H and O–H groups in total. The van der Waals surface area contributed by atoms with Gasteiger partial charge in [0.05, 0.1) is 32.4 Å². The van der Waals surface area contributed by atoms with Crippen molar-refractivity contribution in [2.75, 3.05) is 26.9 Å². The van der Waals surface area contributed by atoms with Gasteiger partial charge in [-0.3, -0.25) is 9.69 Å². The lowest BCUT2D eigenvalue weighted by molar-refractivity contribution is -0.142. The van der Waals surface area contributed by atoms with Crippen LogP contribution < -0.4 is 5.32 Å². The molecule has 0 radical (unpaired) electrons. The first-order valence-electron chi connectivity index (χ1n) is 8.20. The first-order valence-corrected chi connectivity index (χ1v) is 8.20. The molecule has 0 bridgehead atoms. The van der Waals surface area contributed by atoms with E-state index in [4.69, 9.17) is 14.2 Å². The van der Waals surface area contributed by atoms with Crippen LogP contribution in [-0.2, 0) is 19.0 Å². The standard InChI is InChI=1S/C17H30N2O5/c1-7-8-13-10-23-11-14(9-18-12(2)15(20)22-6)19(13)16(21)24-17(3,4)5/h7,12-14,18H,1,8-11H2,2-6H3/t12-,13-,14+/m0/s1. The number of hydrogen-bond acceptors (Lipinski definition) is 6. The zero-order chi connectivity index (χ0) is 18.3. The average molecular weight is 342 g/mol. The van der Waals surface area contributed by atoms with Crippen molar-refractivity contribution in [1.82, 2.24) is 10.2 Å². The SMILES string of the molecule is C=CC[C@H]1COC[C@@H](CN[C@@H](C)C(=O)OC)N1C(=O)OC(C)(C)C. The van der Waals surface area contributed by atoms with E-state index in [1.807, 2.05) is 20.8 Å². The van der Waals surface area contributed by atoms with Crippen LogP contribution in [0.4, 0.5) is 4.79 Å². The molecule has 0 aliphatic carbocycles. The van der Waals surface area contributed by atoms with Crippen LogP contribution in [0.25, 0.3) is 0 Å². The van der Waals surface area contributed by atoms with Crippen molar-refractivity contribution in [1.29, 1.82) is 0 Å². The average Bonchev–Trinajstić information content (AvgIpc) is 2.50. The van der Waals surface area contributed by atoms with Gasteiger partial charge in [-0.05, 0) is 34.1 Å². The molecule has 1 heterocycles. The van der Waals surface area contributed by atoms with Crippen LogP contribution in [0, 0.1) is 0 Å². The third kappa shape index (κ3) is 6.13. The number of ether oxygens (including phenoxy) is 3. The fourth-order valence-electron chi connectivity index (χ4n) is 2.52. The summed E-state index contributed by atoms with van der Waals surface area (Å²) in [6.45, 7) is 12.2. The van der Waals surface area contributed by atoms with Crippen LogP contribution >= 0.6 is 0 Å². The molecule has 0 spiro atoms. The van der Waals surface area contributed by atoms with E-state index in [2.05, 4.69) is 11.9 Å². The molecule has 1 rings (SSSR count). The number of morpholine rings is 1. The van der Waals surface area contributed by atoms with Gasteiger partial charge in [0.15, 0.2) is 0 Å².